The second kappa shape index (κ2) is 7.17. The number of rotatable bonds is 6. The van der Waals surface area contributed by atoms with E-state index in [0.29, 0.717) is 13.0 Å². The van der Waals surface area contributed by atoms with Crippen LogP contribution in [0.2, 0.25) is 0 Å². The summed E-state index contributed by atoms with van der Waals surface area (Å²) in [6.45, 7) is 2.55. The number of hydrogen-bond acceptors (Lipinski definition) is 4. The van der Waals surface area contributed by atoms with Crippen molar-refractivity contribution >= 4 is 17.2 Å². The molecule has 0 fully saturated rings. The highest BCUT2D eigenvalue weighted by molar-refractivity contribution is 7.09. The first kappa shape index (κ1) is 14.7. The summed E-state index contributed by atoms with van der Waals surface area (Å²) in [6.07, 6.45) is 1.30. The van der Waals surface area contributed by atoms with Crippen LogP contribution in [0.1, 0.15) is 16.3 Å². The number of carbonyl (C=O) groups excluding carboxylic acids is 1. The highest BCUT2D eigenvalue weighted by Crippen LogP contribution is 2.07. The van der Waals surface area contributed by atoms with Crippen LogP contribution in [0.25, 0.3) is 0 Å². The summed E-state index contributed by atoms with van der Waals surface area (Å²) in [7, 11) is 0. The fourth-order valence-electron chi connectivity index (χ4n) is 1.93. The lowest BCUT2D eigenvalue weighted by Crippen LogP contribution is -2.42. The molecule has 1 amide bonds. The quantitative estimate of drug-likeness (QED) is 0.850. The van der Waals surface area contributed by atoms with Gasteiger partial charge < -0.3 is 11.1 Å². The van der Waals surface area contributed by atoms with Gasteiger partial charge in [-0.1, -0.05) is 30.3 Å². The van der Waals surface area contributed by atoms with E-state index in [1.807, 2.05) is 42.6 Å². The van der Waals surface area contributed by atoms with Gasteiger partial charge in [0.1, 0.15) is 0 Å². The van der Waals surface area contributed by atoms with Gasteiger partial charge in [0, 0.05) is 18.3 Å². The van der Waals surface area contributed by atoms with Crippen molar-refractivity contribution in [3.8, 4) is 0 Å². The van der Waals surface area contributed by atoms with Gasteiger partial charge in [0.05, 0.1) is 16.7 Å². The van der Waals surface area contributed by atoms with E-state index in [9.17, 15) is 4.79 Å². The molecule has 5 heteroatoms. The van der Waals surface area contributed by atoms with E-state index >= 15 is 0 Å². The molecule has 20 heavy (non-hydrogen) atoms. The number of nitrogens with one attached hydrogen (secondary N) is 1. The molecule has 1 heterocycles. The first-order valence-electron chi connectivity index (χ1n) is 6.63. The molecule has 2 aromatic rings. The lowest BCUT2D eigenvalue weighted by molar-refractivity contribution is -0.122. The van der Waals surface area contributed by atoms with Gasteiger partial charge in [-0.15, -0.1) is 11.3 Å². The summed E-state index contributed by atoms with van der Waals surface area (Å²) < 4.78 is 0. The fraction of sp³-hybridized carbons (Fsp3) is 0.333. The van der Waals surface area contributed by atoms with E-state index in [-0.39, 0.29) is 5.91 Å². The van der Waals surface area contributed by atoms with Gasteiger partial charge in [0.15, 0.2) is 0 Å². The maximum atomic E-state index is 11.9. The van der Waals surface area contributed by atoms with Gasteiger partial charge in [-0.25, -0.2) is 4.98 Å². The summed E-state index contributed by atoms with van der Waals surface area (Å²) >= 11 is 1.62. The minimum absolute atomic E-state index is 0.110. The molecule has 0 radical (unpaired) electrons. The fourth-order valence-corrected chi connectivity index (χ4v) is 2.58. The Labute approximate surface area is 123 Å². The van der Waals surface area contributed by atoms with E-state index in [2.05, 4.69) is 10.3 Å². The highest BCUT2D eigenvalue weighted by Gasteiger charge is 2.13. The molecule has 2 rings (SSSR count). The van der Waals surface area contributed by atoms with E-state index < -0.39 is 6.04 Å². The number of hydrogen-bond donors (Lipinski definition) is 2. The zero-order valence-electron chi connectivity index (χ0n) is 11.5. The number of benzene rings is 1. The zero-order valence-corrected chi connectivity index (χ0v) is 12.3. The molecule has 0 saturated heterocycles. The van der Waals surface area contributed by atoms with E-state index in [4.69, 9.17) is 5.73 Å². The van der Waals surface area contributed by atoms with Crippen molar-refractivity contribution in [3.63, 3.8) is 0 Å². The minimum atomic E-state index is -0.505. The Kier molecular flexibility index (Phi) is 5.26. The predicted molar refractivity (Wildman–Crippen MR) is 81.7 cm³/mol. The molecule has 0 saturated carbocycles. The lowest BCUT2D eigenvalue weighted by Gasteiger charge is -2.11. The summed E-state index contributed by atoms with van der Waals surface area (Å²) in [6, 6.07) is 9.30. The normalized spacial score (nSPS) is 12.1. The third-order valence-corrected chi connectivity index (χ3v) is 3.80. The second-order valence-corrected chi connectivity index (χ2v) is 5.76. The minimum Gasteiger partial charge on any atom is -0.354 e. The van der Waals surface area contributed by atoms with Crippen LogP contribution in [0.15, 0.2) is 35.7 Å². The van der Waals surface area contributed by atoms with Crippen molar-refractivity contribution in [3.05, 3.63) is 52.0 Å². The van der Waals surface area contributed by atoms with Gasteiger partial charge in [0.2, 0.25) is 5.91 Å². The Morgan fingerprint density at radius 2 is 2.15 bits per heavy atom. The van der Waals surface area contributed by atoms with Crippen LogP contribution in [0, 0.1) is 6.92 Å². The molecule has 0 spiro atoms. The number of amides is 1. The van der Waals surface area contributed by atoms with Crippen LogP contribution in [0.5, 0.6) is 0 Å². The molecule has 3 N–H and O–H groups in total. The largest absolute Gasteiger partial charge is 0.354 e. The predicted octanol–water partition coefficient (Wildman–Crippen LogP) is 1.68. The molecular formula is C15H19N3OS. The Bertz CT molecular complexity index is 553. The van der Waals surface area contributed by atoms with Gasteiger partial charge >= 0.3 is 0 Å². The number of thiazole rings is 1. The summed E-state index contributed by atoms with van der Waals surface area (Å²) in [4.78, 5) is 16.2. The molecule has 4 nitrogen and oxygen atoms in total. The van der Waals surface area contributed by atoms with E-state index in [1.165, 1.54) is 0 Å². The molecule has 0 aliphatic heterocycles. The average Bonchev–Trinajstić information content (AvgIpc) is 2.85. The maximum Gasteiger partial charge on any atom is 0.237 e. The monoisotopic (exact) mass is 289 g/mol. The van der Waals surface area contributed by atoms with Crippen LogP contribution in [0.4, 0.5) is 0 Å². The first-order valence-corrected chi connectivity index (χ1v) is 7.51. The summed E-state index contributed by atoms with van der Waals surface area (Å²) in [5, 5.41) is 5.93. The van der Waals surface area contributed by atoms with E-state index in [0.717, 1.165) is 22.7 Å². The number of carbonyl (C=O) groups is 1. The molecular weight excluding hydrogens is 270 g/mol. The van der Waals surface area contributed by atoms with Gasteiger partial charge in [-0.2, -0.15) is 0 Å². The van der Waals surface area contributed by atoms with Crippen molar-refractivity contribution in [1.82, 2.24) is 10.3 Å². The third kappa shape index (κ3) is 4.43. The molecule has 1 atom stereocenters. The molecule has 1 aromatic heterocycles. The van der Waals surface area contributed by atoms with Gasteiger partial charge in [-0.05, 0) is 18.9 Å². The molecule has 0 aliphatic carbocycles. The Balaban J connectivity index is 1.74. The zero-order chi connectivity index (χ0) is 14.4. The maximum absolute atomic E-state index is 11.9. The number of nitrogens with zero attached hydrogens (tertiary/aromatic N) is 1. The number of nitrogens with two attached hydrogens (primary N) is 1. The van der Waals surface area contributed by atoms with Crippen molar-refractivity contribution in [2.45, 2.75) is 25.8 Å². The lowest BCUT2D eigenvalue weighted by atomic mass is 10.1. The Morgan fingerprint density at radius 1 is 1.40 bits per heavy atom. The summed E-state index contributed by atoms with van der Waals surface area (Å²) in [5.41, 5.74) is 8.00. The summed E-state index contributed by atoms with van der Waals surface area (Å²) in [5.74, 6) is -0.110. The molecule has 0 unspecified atom stereocenters. The Morgan fingerprint density at radius 3 is 2.80 bits per heavy atom. The molecule has 0 bridgehead atoms. The third-order valence-electron chi connectivity index (χ3n) is 2.98. The number of aromatic nitrogens is 1. The standard InChI is InChI=1S/C15H19N3OS/c1-11-18-13(10-20-11)7-8-17-15(19)14(16)9-12-5-3-2-4-6-12/h2-6,10,14H,7-9,16H2,1H3,(H,17,19)/t14-/m0/s1. The first-order chi connectivity index (χ1) is 9.65. The topological polar surface area (TPSA) is 68.0 Å². The SMILES string of the molecule is Cc1nc(CCNC(=O)[C@@H](N)Cc2ccccc2)cs1. The van der Waals surface area contributed by atoms with Crippen LogP contribution in [0.3, 0.4) is 0 Å². The van der Waals surface area contributed by atoms with E-state index in [1.54, 1.807) is 11.3 Å². The van der Waals surface area contributed by atoms with Gasteiger partial charge in [-0.3, -0.25) is 4.79 Å². The van der Waals surface area contributed by atoms with Gasteiger partial charge in [0.25, 0.3) is 0 Å². The Hall–Kier alpha value is -1.72. The van der Waals surface area contributed by atoms with Crippen molar-refractivity contribution in [1.29, 1.82) is 0 Å². The average molecular weight is 289 g/mol. The highest BCUT2D eigenvalue weighted by atomic mass is 32.1. The second-order valence-electron chi connectivity index (χ2n) is 4.70. The van der Waals surface area contributed by atoms with Crippen molar-refractivity contribution < 1.29 is 4.79 Å². The van der Waals surface area contributed by atoms with Crippen molar-refractivity contribution in [2.24, 2.45) is 5.73 Å². The molecule has 106 valence electrons. The van der Waals surface area contributed by atoms with Crippen molar-refractivity contribution in [2.75, 3.05) is 6.54 Å². The van der Waals surface area contributed by atoms with Crippen LogP contribution >= 0.6 is 11.3 Å². The van der Waals surface area contributed by atoms with Crippen LogP contribution in [-0.4, -0.2) is 23.5 Å². The number of aryl methyl sites for hydroxylation is 1. The van der Waals surface area contributed by atoms with Crippen LogP contribution in [-0.2, 0) is 17.6 Å². The smallest absolute Gasteiger partial charge is 0.237 e. The molecule has 0 aliphatic rings. The van der Waals surface area contributed by atoms with Crippen LogP contribution < -0.4 is 11.1 Å². The molecule has 1 aromatic carbocycles.